The molecule has 0 aromatic heterocycles. The van der Waals surface area contributed by atoms with Gasteiger partial charge < -0.3 is 9.64 Å². The molecule has 1 saturated heterocycles. The van der Waals surface area contributed by atoms with Gasteiger partial charge in [-0.2, -0.15) is 0 Å². The van der Waals surface area contributed by atoms with Crippen LogP contribution in [-0.2, 0) is 9.59 Å². The van der Waals surface area contributed by atoms with Crippen molar-refractivity contribution in [3.05, 3.63) is 63.6 Å². The van der Waals surface area contributed by atoms with Gasteiger partial charge in [-0.3, -0.25) is 19.8 Å². The topological polar surface area (TPSA) is 61.9 Å². The number of nitrogens with one attached hydrogen (secondary N) is 1. The second-order valence-electron chi connectivity index (χ2n) is 8.59. The van der Waals surface area contributed by atoms with Crippen LogP contribution in [0, 0.1) is 0 Å². The van der Waals surface area contributed by atoms with Crippen molar-refractivity contribution in [3.63, 3.8) is 0 Å². The zero-order chi connectivity index (χ0) is 24.1. The van der Waals surface area contributed by atoms with Gasteiger partial charge in [-0.25, -0.2) is 0 Å². The molecule has 4 rings (SSSR count). The van der Waals surface area contributed by atoms with Crippen LogP contribution in [0.15, 0.2) is 52.5 Å². The molecule has 2 aliphatic rings. The number of thiocarbonyl (C=S) groups is 1. The van der Waals surface area contributed by atoms with E-state index in [2.05, 4.69) is 53.0 Å². The van der Waals surface area contributed by atoms with Crippen LogP contribution >= 0.6 is 28.1 Å². The molecule has 33 heavy (non-hydrogen) atoms. The quantitative estimate of drug-likeness (QED) is 0.350. The highest BCUT2D eigenvalue weighted by Crippen LogP contribution is 2.42. The molecule has 2 aromatic carbocycles. The fraction of sp³-hybridized carbons (Fsp3) is 0.240. The number of carbonyl (C=O) groups excluding carboxylic acids is 2. The maximum Gasteiger partial charge on any atom is 0.270 e. The average molecular weight is 526 g/mol. The number of ether oxygens (including phenoxy) is 1. The van der Waals surface area contributed by atoms with Gasteiger partial charge in [0.1, 0.15) is 11.3 Å². The van der Waals surface area contributed by atoms with E-state index in [-0.39, 0.29) is 16.2 Å². The lowest BCUT2D eigenvalue weighted by atomic mass is 9.88. The third-order valence-electron chi connectivity index (χ3n) is 6.04. The van der Waals surface area contributed by atoms with E-state index in [1.54, 1.807) is 31.4 Å². The fourth-order valence-corrected chi connectivity index (χ4v) is 4.81. The third-order valence-corrected chi connectivity index (χ3v) is 6.81. The van der Waals surface area contributed by atoms with Crippen LogP contribution < -0.4 is 19.9 Å². The molecule has 8 heteroatoms. The zero-order valence-electron chi connectivity index (χ0n) is 19.0. The van der Waals surface area contributed by atoms with Crippen molar-refractivity contribution < 1.29 is 14.3 Å². The Labute approximate surface area is 207 Å². The lowest BCUT2D eigenvalue weighted by Crippen LogP contribution is -2.54. The van der Waals surface area contributed by atoms with Crippen molar-refractivity contribution in [2.45, 2.75) is 26.3 Å². The van der Waals surface area contributed by atoms with Gasteiger partial charge >= 0.3 is 0 Å². The van der Waals surface area contributed by atoms with E-state index in [0.29, 0.717) is 17.0 Å². The van der Waals surface area contributed by atoms with E-state index < -0.39 is 11.8 Å². The van der Waals surface area contributed by atoms with Crippen molar-refractivity contribution in [1.82, 2.24) is 5.32 Å². The molecule has 2 aromatic rings. The minimum Gasteiger partial charge on any atom is -0.496 e. The van der Waals surface area contributed by atoms with Crippen LogP contribution in [0.4, 0.5) is 11.4 Å². The Morgan fingerprint density at radius 1 is 1.18 bits per heavy atom. The number of rotatable bonds is 3. The van der Waals surface area contributed by atoms with Crippen LogP contribution in [0.3, 0.4) is 0 Å². The molecular weight excluding hydrogens is 502 g/mol. The number of nitrogens with zero attached hydrogens (tertiary/aromatic N) is 2. The van der Waals surface area contributed by atoms with E-state index in [4.69, 9.17) is 17.0 Å². The summed E-state index contributed by atoms with van der Waals surface area (Å²) >= 11 is 8.71. The van der Waals surface area contributed by atoms with Gasteiger partial charge in [-0.15, -0.1) is 0 Å². The summed E-state index contributed by atoms with van der Waals surface area (Å²) in [6.07, 6.45) is 3.77. The number of hydrogen-bond donors (Lipinski definition) is 1. The molecule has 170 valence electrons. The second-order valence-corrected chi connectivity index (χ2v) is 9.89. The van der Waals surface area contributed by atoms with Gasteiger partial charge in [-0.1, -0.05) is 28.1 Å². The molecule has 0 atom stereocenters. The second kappa shape index (κ2) is 8.43. The molecule has 1 N–H and O–H groups in total. The highest BCUT2D eigenvalue weighted by atomic mass is 79.9. The Balaban J connectivity index is 1.82. The smallest absolute Gasteiger partial charge is 0.270 e. The summed E-state index contributed by atoms with van der Waals surface area (Å²) in [5.74, 6) is -0.463. The van der Waals surface area contributed by atoms with E-state index in [9.17, 15) is 9.59 Å². The number of anilines is 2. The van der Waals surface area contributed by atoms with Crippen molar-refractivity contribution in [3.8, 4) is 5.75 Å². The van der Waals surface area contributed by atoms with E-state index in [0.717, 1.165) is 21.3 Å². The van der Waals surface area contributed by atoms with E-state index in [1.165, 1.54) is 4.90 Å². The lowest BCUT2D eigenvalue weighted by molar-refractivity contribution is -0.122. The van der Waals surface area contributed by atoms with E-state index >= 15 is 0 Å². The highest BCUT2D eigenvalue weighted by Gasteiger charge is 2.35. The number of carbonyl (C=O) groups is 2. The summed E-state index contributed by atoms with van der Waals surface area (Å²) < 4.78 is 6.44. The number of fused-ring (bicyclic) bond motifs is 1. The first-order chi connectivity index (χ1) is 15.5. The molecule has 1 fully saturated rings. The summed E-state index contributed by atoms with van der Waals surface area (Å²) in [6.45, 7) is 6.35. The minimum absolute atomic E-state index is 0.0204. The largest absolute Gasteiger partial charge is 0.496 e. The Hall–Kier alpha value is -2.97. The summed E-state index contributed by atoms with van der Waals surface area (Å²) in [5, 5.41) is 2.67. The third kappa shape index (κ3) is 4.09. The highest BCUT2D eigenvalue weighted by molar-refractivity contribution is 9.10. The molecule has 2 heterocycles. The Bertz CT molecular complexity index is 1270. The number of halogens is 1. The SMILES string of the molecule is COc1cc2c(cc1/C=C1/C(=O)NC(=S)N(c3cccc(Br)c3)C1=O)C(C)=CC(C)(C)N2C. The number of likely N-dealkylation sites (N-methyl/N-ethyl adjacent to an activating group) is 1. The van der Waals surface area contributed by atoms with Crippen molar-refractivity contribution >= 4 is 68.1 Å². The maximum absolute atomic E-state index is 13.4. The first-order valence-electron chi connectivity index (χ1n) is 10.4. The summed E-state index contributed by atoms with van der Waals surface area (Å²) in [5.41, 5.74) is 4.19. The molecular formula is C25H24BrN3O3S. The number of allylic oxidation sites excluding steroid dienone is 1. The van der Waals surface area contributed by atoms with Crippen molar-refractivity contribution in [1.29, 1.82) is 0 Å². The van der Waals surface area contributed by atoms with Crippen LogP contribution in [0.25, 0.3) is 11.6 Å². The minimum atomic E-state index is -0.540. The Morgan fingerprint density at radius 2 is 1.91 bits per heavy atom. The van der Waals surface area contributed by atoms with Crippen molar-refractivity contribution in [2.24, 2.45) is 0 Å². The standard InChI is InChI=1S/C25H24BrN3O3S/c1-14-13-25(2,3)28(4)20-12-21(32-5)15(9-18(14)20)10-19-22(30)27-24(33)29(23(19)31)17-8-6-7-16(26)11-17/h6-13H,1-5H3,(H,27,30,33)/b19-10-. The number of hydrogen-bond acceptors (Lipinski definition) is 5. The van der Waals surface area contributed by atoms with Gasteiger partial charge in [0.15, 0.2) is 5.11 Å². The molecule has 0 saturated carbocycles. The fourth-order valence-electron chi connectivity index (χ4n) is 4.15. The van der Waals surface area contributed by atoms with Crippen LogP contribution in [-0.4, -0.2) is 36.6 Å². The van der Waals surface area contributed by atoms with Crippen LogP contribution in [0.1, 0.15) is 31.9 Å². The normalized spacial score (nSPS) is 18.8. The average Bonchev–Trinajstić information content (AvgIpc) is 2.74. The predicted octanol–water partition coefficient (Wildman–Crippen LogP) is 4.92. The number of amides is 2. The molecule has 0 aliphatic carbocycles. The monoisotopic (exact) mass is 525 g/mol. The molecule has 0 spiro atoms. The van der Waals surface area contributed by atoms with Gasteiger partial charge in [0, 0.05) is 34.4 Å². The van der Waals surface area contributed by atoms with Crippen molar-refractivity contribution in [2.75, 3.05) is 24.0 Å². The molecule has 0 unspecified atom stereocenters. The summed E-state index contributed by atoms with van der Waals surface area (Å²) in [4.78, 5) is 29.7. The summed E-state index contributed by atoms with van der Waals surface area (Å²) in [6, 6.07) is 11.1. The molecule has 2 aliphatic heterocycles. The Kier molecular flexibility index (Phi) is 5.92. The van der Waals surface area contributed by atoms with Gasteiger partial charge in [0.05, 0.1) is 18.3 Å². The van der Waals surface area contributed by atoms with Crippen LogP contribution in [0.5, 0.6) is 5.75 Å². The first kappa shape index (κ1) is 23.2. The van der Waals surface area contributed by atoms with E-state index in [1.807, 2.05) is 25.2 Å². The first-order valence-corrected chi connectivity index (χ1v) is 11.6. The lowest BCUT2D eigenvalue weighted by Gasteiger charge is -2.41. The number of benzene rings is 2. The molecule has 2 amide bonds. The van der Waals surface area contributed by atoms with Crippen LogP contribution in [0.2, 0.25) is 0 Å². The molecule has 0 bridgehead atoms. The molecule has 6 nitrogen and oxygen atoms in total. The number of methoxy groups -OCH3 is 1. The van der Waals surface area contributed by atoms with Gasteiger partial charge in [0.25, 0.3) is 11.8 Å². The summed E-state index contributed by atoms with van der Waals surface area (Å²) in [7, 11) is 3.61. The maximum atomic E-state index is 13.4. The molecule has 0 radical (unpaired) electrons. The Morgan fingerprint density at radius 3 is 2.58 bits per heavy atom. The predicted molar refractivity (Wildman–Crippen MR) is 139 cm³/mol. The zero-order valence-corrected chi connectivity index (χ0v) is 21.4. The van der Waals surface area contributed by atoms with Gasteiger partial charge in [0.2, 0.25) is 0 Å². The van der Waals surface area contributed by atoms with Gasteiger partial charge in [-0.05, 0) is 68.9 Å².